The van der Waals surface area contributed by atoms with Gasteiger partial charge < -0.3 is 5.73 Å². The first-order valence-corrected chi connectivity index (χ1v) is 7.18. The largest absolute Gasteiger partial charge is 0.369 e. The van der Waals surface area contributed by atoms with Crippen LogP contribution in [0.2, 0.25) is 0 Å². The summed E-state index contributed by atoms with van der Waals surface area (Å²) in [5, 5.41) is 0. The summed E-state index contributed by atoms with van der Waals surface area (Å²) in [6, 6.07) is 5.05. The number of rotatable bonds is 4. The monoisotopic (exact) mass is 287 g/mol. The van der Waals surface area contributed by atoms with Crippen molar-refractivity contribution in [3.63, 3.8) is 0 Å². The van der Waals surface area contributed by atoms with Crippen LogP contribution in [0.15, 0.2) is 35.4 Å². The zero-order valence-electron chi connectivity index (χ0n) is 13.1. The molecule has 21 heavy (non-hydrogen) atoms. The molecule has 2 nitrogen and oxygen atoms in total. The van der Waals surface area contributed by atoms with Crippen molar-refractivity contribution >= 4 is 11.5 Å². The van der Waals surface area contributed by atoms with E-state index in [0.717, 1.165) is 28.7 Å². The quantitative estimate of drug-likeness (QED) is 0.893. The van der Waals surface area contributed by atoms with Crippen molar-refractivity contribution in [2.75, 3.05) is 0 Å². The second-order valence-corrected chi connectivity index (χ2v) is 6.45. The Labute approximate surface area is 125 Å². The highest BCUT2D eigenvalue weighted by molar-refractivity contribution is 5.86. The molecule has 2 rings (SSSR count). The van der Waals surface area contributed by atoms with E-state index in [-0.39, 0.29) is 11.7 Å². The third kappa shape index (κ3) is 2.92. The van der Waals surface area contributed by atoms with Crippen LogP contribution >= 0.6 is 0 Å². The number of carbonyl (C=O) groups is 1. The van der Waals surface area contributed by atoms with Gasteiger partial charge in [-0.25, -0.2) is 4.39 Å². The lowest BCUT2D eigenvalue weighted by atomic mass is 9.81. The Hall–Kier alpha value is -1.90. The van der Waals surface area contributed by atoms with Gasteiger partial charge in [-0.1, -0.05) is 37.6 Å². The number of hydrogen-bond donors (Lipinski definition) is 1. The van der Waals surface area contributed by atoms with Crippen molar-refractivity contribution in [3.05, 3.63) is 52.4 Å². The van der Waals surface area contributed by atoms with Gasteiger partial charge in [0.15, 0.2) is 0 Å². The Morgan fingerprint density at radius 1 is 1.33 bits per heavy atom. The van der Waals surface area contributed by atoms with Crippen LogP contribution in [-0.2, 0) is 11.2 Å². The second-order valence-electron chi connectivity index (χ2n) is 6.45. The molecule has 0 saturated heterocycles. The van der Waals surface area contributed by atoms with E-state index in [9.17, 15) is 9.18 Å². The standard InChI is InChI=1S/C18H22FNO/c1-11-8-9-12(2)15(11)16-13(6-5-7-14(16)19)10-18(3,4)17(20)21/h5-8H,9-10H2,1-4H3,(H2,20,21). The lowest BCUT2D eigenvalue weighted by molar-refractivity contribution is -0.125. The van der Waals surface area contributed by atoms with E-state index in [1.165, 1.54) is 6.07 Å². The van der Waals surface area contributed by atoms with Gasteiger partial charge in [0.25, 0.3) is 0 Å². The maximum absolute atomic E-state index is 14.4. The zero-order valence-corrected chi connectivity index (χ0v) is 13.1. The van der Waals surface area contributed by atoms with Crippen LogP contribution in [-0.4, -0.2) is 5.91 Å². The lowest BCUT2D eigenvalue weighted by Gasteiger charge is -2.23. The molecule has 0 unspecified atom stereocenters. The fraction of sp³-hybridized carbons (Fsp3) is 0.389. The Kier molecular flexibility index (Phi) is 4.04. The molecule has 1 amide bonds. The highest BCUT2D eigenvalue weighted by Gasteiger charge is 2.28. The number of halogens is 1. The molecule has 0 heterocycles. The van der Waals surface area contributed by atoms with Crippen molar-refractivity contribution in [1.29, 1.82) is 0 Å². The van der Waals surface area contributed by atoms with Gasteiger partial charge in [0.2, 0.25) is 5.91 Å². The zero-order chi connectivity index (χ0) is 15.8. The summed E-state index contributed by atoms with van der Waals surface area (Å²) in [5.41, 5.74) is 9.45. The molecule has 1 aromatic carbocycles. The second kappa shape index (κ2) is 5.47. The van der Waals surface area contributed by atoms with Crippen molar-refractivity contribution < 1.29 is 9.18 Å². The topological polar surface area (TPSA) is 43.1 Å². The van der Waals surface area contributed by atoms with Gasteiger partial charge in [-0.3, -0.25) is 4.79 Å². The first kappa shape index (κ1) is 15.5. The van der Waals surface area contributed by atoms with Gasteiger partial charge in [0, 0.05) is 11.0 Å². The third-order valence-corrected chi connectivity index (χ3v) is 4.18. The first-order chi connectivity index (χ1) is 9.74. The predicted octanol–water partition coefficient (Wildman–Crippen LogP) is 4.00. The van der Waals surface area contributed by atoms with Crippen molar-refractivity contribution in [1.82, 2.24) is 0 Å². The van der Waals surface area contributed by atoms with Gasteiger partial charge in [0.05, 0.1) is 0 Å². The molecule has 1 aliphatic rings. The Balaban J connectivity index is 2.55. The van der Waals surface area contributed by atoms with Crippen LogP contribution in [0, 0.1) is 11.2 Å². The molecule has 0 bridgehead atoms. The van der Waals surface area contributed by atoms with Gasteiger partial charge in [-0.05, 0) is 49.5 Å². The van der Waals surface area contributed by atoms with E-state index in [4.69, 9.17) is 5.73 Å². The van der Waals surface area contributed by atoms with Gasteiger partial charge in [-0.2, -0.15) is 0 Å². The molecule has 0 spiro atoms. The minimum atomic E-state index is -0.701. The average molecular weight is 287 g/mol. The maximum Gasteiger partial charge on any atom is 0.223 e. The third-order valence-electron chi connectivity index (χ3n) is 4.18. The molecule has 0 aliphatic heterocycles. The summed E-state index contributed by atoms with van der Waals surface area (Å²) in [5.74, 6) is -0.612. The maximum atomic E-state index is 14.4. The number of amides is 1. The minimum Gasteiger partial charge on any atom is -0.369 e. The van der Waals surface area contributed by atoms with Crippen LogP contribution in [0.25, 0.3) is 5.57 Å². The van der Waals surface area contributed by atoms with Crippen molar-refractivity contribution in [2.24, 2.45) is 11.1 Å². The van der Waals surface area contributed by atoms with Crippen LogP contribution in [0.5, 0.6) is 0 Å². The minimum absolute atomic E-state index is 0.239. The molecule has 0 radical (unpaired) electrons. The molecule has 0 atom stereocenters. The highest BCUT2D eigenvalue weighted by atomic mass is 19.1. The van der Waals surface area contributed by atoms with Crippen molar-refractivity contribution in [3.8, 4) is 0 Å². The molecular weight excluding hydrogens is 265 g/mol. The molecule has 112 valence electrons. The van der Waals surface area contributed by atoms with Crippen molar-refractivity contribution in [2.45, 2.75) is 40.5 Å². The van der Waals surface area contributed by atoms with E-state index < -0.39 is 5.41 Å². The number of hydrogen-bond acceptors (Lipinski definition) is 1. The van der Waals surface area contributed by atoms with E-state index in [1.807, 2.05) is 19.9 Å². The van der Waals surface area contributed by atoms with Crippen LogP contribution in [0.1, 0.15) is 45.2 Å². The number of benzene rings is 1. The Morgan fingerprint density at radius 3 is 2.52 bits per heavy atom. The van der Waals surface area contributed by atoms with Gasteiger partial charge in [-0.15, -0.1) is 0 Å². The fourth-order valence-electron chi connectivity index (χ4n) is 2.82. The summed E-state index contributed by atoms with van der Waals surface area (Å²) < 4.78 is 14.4. The summed E-state index contributed by atoms with van der Waals surface area (Å²) in [6.45, 7) is 7.62. The molecular formula is C18H22FNO. The Bertz CT molecular complexity index is 653. The number of allylic oxidation sites excluding steroid dienone is 4. The smallest absolute Gasteiger partial charge is 0.223 e. The Morgan fingerprint density at radius 2 is 2.00 bits per heavy atom. The molecule has 3 heteroatoms. The van der Waals surface area contributed by atoms with Crippen LogP contribution in [0.3, 0.4) is 0 Å². The summed E-state index contributed by atoms with van der Waals surface area (Å²) in [4.78, 5) is 11.6. The molecule has 0 saturated carbocycles. The summed E-state index contributed by atoms with van der Waals surface area (Å²) in [6.07, 6.45) is 3.40. The molecule has 0 aromatic heterocycles. The molecule has 2 N–H and O–H groups in total. The summed E-state index contributed by atoms with van der Waals surface area (Å²) >= 11 is 0. The number of carbonyl (C=O) groups excluding carboxylic acids is 1. The highest BCUT2D eigenvalue weighted by Crippen LogP contribution is 2.38. The SMILES string of the molecule is CC1=CCC(C)=C1c1c(F)cccc1CC(C)(C)C(N)=O. The predicted molar refractivity (Wildman–Crippen MR) is 84.0 cm³/mol. The lowest BCUT2D eigenvalue weighted by Crippen LogP contribution is -2.33. The molecule has 0 fully saturated rings. The van der Waals surface area contributed by atoms with E-state index >= 15 is 0 Å². The molecule has 1 aliphatic carbocycles. The number of primary amides is 1. The summed E-state index contributed by atoms with van der Waals surface area (Å²) in [7, 11) is 0. The van der Waals surface area contributed by atoms with E-state index in [1.54, 1.807) is 19.9 Å². The normalized spacial score (nSPS) is 15.4. The van der Waals surface area contributed by atoms with E-state index in [2.05, 4.69) is 6.08 Å². The van der Waals surface area contributed by atoms with E-state index in [0.29, 0.717) is 12.0 Å². The fourth-order valence-corrected chi connectivity index (χ4v) is 2.82. The van der Waals surface area contributed by atoms with Crippen LogP contribution in [0.4, 0.5) is 4.39 Å². The van der Waals surface area contributed by atoms with Gasteiger partial charge >= 0.3 is 0 Å². The first-order valence-electron chi connectivity index (χ1n) is 7.18. The van der Waals surface area contributed by atoms with Crippen LogP contribution < -0.4 is 5.73 Å². The molecule has 1 aromatic rings. The van der Waals surface area contributed by atoms with Gasteiger partial charge in [0.1, 0.15) is 5.82 Å². The average Bonchev–Trinajstić information content (AvgIpc) is 2.70. The number of nitrogens with two attached hydrogens (primary N) is 1.